The van der Waals surface area contributed by atoms with E-state index in [1.165, 1.54) is 61.9 Å². The molecule has 0 amide bonds. The van der Waals surface area contributed by atoms with E-state index in [0.717, 1.165) is 6.61 Å². The first kappa shape index (κ1) is 19.5. The predicted molar refractivity (Wildman–Crippen MR) is 85.8 cm³/mol. The summed E-state index contributed by atoms with van der Waals surface area (Å²) in [6, 6.07) is 0. The molecule has 0 radical (unpaired) electrons. The van der Waals surface area contributed by atoms with Crippen LogP contribution < -0.4 is 0 Å². The molecule has 0 aliphatic rings. The van der Waals surface area contributed by atoms with Gasteiger partial charge in [-0.1, -0.05) is 76.3 Å². The molecule has 0 spiro atoms. The van der Waals surface area contributed by atoms with E-state index in [1.807, 2.05) is 0 Å². The Morgan fingerprint density at radius 3 is 1.89 bits per heavy atom. The molecule has 0 fully saturated rings. The first-order chi connectivity index (χ1) is 9.24. The van der Waals surface area contributed by atoms with Crippen molar-refractivity contribution in [2.24, 2.45) is 0 Å². The van der Waals surface area contributed by atoms with Crippen LogP contribution in [-0.4, -0.2) is 27.4 Å². The second-order valence-corrected chi connectivity index (χ2v) is 8.21. The van der Waals surface area contributed by atoms with E-state index in [-0.39, 0.29) is 6.29 Å². The van der Waals surface area contributed by atoms with Crippen LogP contribution in [0.15, 0.2) is 0 Å². The van der Waals surface area contributed by atoms with Gasteiger partial charge in [-0.3, -0.25) is 0 Å². The average Bonchev–Trinajstić information content (AvgIpc) is 2.41. The van der Waals surface area contributed by atoms with E-state index < -0.39 is 14.5 Å². The minimum Gasteiger partial charge on any atom is -0.478 e. The van der Waals surface area contributed by atoms with Crippen LogP contribution in [0, 0.1) is 0 Å². The molecule has 0 N–H and O–H groups in total. The van der Waals surface area contributed by atoms with Gasteiger partial charge in [-0.25, -0.2) is 0 Å². The van der Waals surface area contributed by atoms with Crippen molar-refractivity contribution < 1.29 is 8.53 Å². The lowest BCUT2D eigenvalue weighted by Gasteiger charge is -2.20. The standard InChI is InChI=1S/C8H17O2.2C4H9.Al/c1-3-4-5-6-7-10-8(2)9;2*1-3-4-2;/h8H,3-7H2,1-2H3;2*1,3-4H2,2H3;/q-1;;;+1. The lowest BCUT2D eigenvalue weighted by atomic mass is 10.2. The topological polar surface area (TPSA) is 18.5 Å². The Morgan fingerprint density at radius 1 is 0.789 bits per heavy atom. The van der Waals surface area contributed by atoms with Gasteiger partial charge in [0.1, 0.15) is 6.29 Å². The monoisotopic (exact) mass is 286 g/mol. The van der Waals surface area contributed by atoms with Crippen LogP contribution in [0.1, 0.15) is 79.1 Å². The highest BCUT2D eigenvalue weighted by atomic mass is 27.2. The summed E-state index contributed by atoms with van der Waals surface area (Å²) < 4.78 is 12.0. The van der Waals surface area contributed by atoms with E-state index in [0.29, 0.717) is 0 Å². The second-order valence-electron chi connectivity index (χ2n) is 5.54. The van der Waals surface area contributed by atoms with Crippen LogP contribution in [0.25, 0.3) is 0 Å². The lowest BCUT2D eigenvalue weighted by Crippen LogP contribution is -2.26. The summed E-state index contributed by atoms with van der Waals surface area (Å²) >= 11 is -1.02. The zero-order valence-electron chi connectivity index (χ0n) is 13.7. The molecule has 19 heavy (non-hydrogen) atoms. The van der Waals surface area contributed by atoms with Crippen molar-refractivity contribution in [2.75, 3.05) is 6.61 Å². The van der Waals surface area contributed by atoms with Gasteiger partial charge in [-0.15, -0.1) is 0 Å². The average molecular weight is 286 g/mol. The van der Waals surface area contributed by atoms with Gasteiger partial charge < -0.3 is 8.53 Å². The molecule has 0 aliphatic carbocycles. The van der Waals surface area contributed by atoms with Crippen LogP contribution in [0.5, 0.6) is 0 Å². The third-order valence-corrected chi connectivity index (χ3v) is 6.37. The van der Waals surface area contributed by atoms with Crippen molar-refractivity contribution in [2.45, 2.75) is 95.9 Å². The molecule has 1 atom stereocenters. The highest BCUT2D eigenvalue weighted by molar-refractivity contribution is 6.51. The largest absolute Gasteiger partial charge is 0.478 e. The van der Waals surface area contributed by atoms with Gasteiger partial charge >= 0.3 is 14.5 Å². The Bertz CT molecular complexity index is 168. The predicted octanol–water partition coefficient (Wildman–Crippen LogP) is 5.54. The third kappa shape index (κ3) is 13.2. The zero-order valence-corrected chi connectivity index (χ0v) is 14.9. The van der Waals surface area contributed by atoms with E-state index in [2.05, 4.69) is 27.7 Å². The van der Waals surface area contributed by atoms with Gasteiger partial charge in [0, 0.05) is 6.61 Å². The smallest absolute Gasteiger partial charge is 0.462 e. The van der Waals surface area contributed by atoms with Crippen LogP contribution in [0.4, 0.5) is 0 Å². The van der Waals surface area contributed by atoms with Gasteiger partial charge in [0.25, 0.3) is 0 Å². The van der Waals surface area contributed by atoms with E-state index >= 15 is 0 Å². The molecule has 0 rings (SSSR count). The fourth-order valence-electron chi connectivity index (χ4n) is 2.23. The quantitative estimate of drug-likeness (QED) is 0.237. The number of unbranched alkanes of at least 4 members (excludes halogenated alkanes) is 5. The fraction of sp³-hybridized carbons (Fsp3) is 1.00. The van der Waals surface area contributed by atoms with E-state index in [4.69, 9.17) is 8.53 Å². The van der Waals surface area contributed by atoms with E-state index in [1.54, 1.807) is 0 Å². The summed E-state index contributed by atoms with van der Waals surface area (Å²) in [5.74, 6) is 0. The minimum atomic E-state index is -1.02. The first-order valence-corrected chi connectivity index (χ1v) is 10.6. The molecule has 0 heterocycles. The van der Waals surface area contributed by atoms with Crippen molar-refractivity contribution >= 4 is 14.5 Å². The number of hydrogen-bond acceptors (Lipinski definition) is 2. The molecule has 0 aliphatic heterocycles. The summed E-state index contributed by atoms with van der Waals surface area (Å²) in [7, 11) is 0. The Balaban J connectivity index is 3.71. The normalized spacial score (nSPS) is 12.6. The zero-order chi connectivity index (χ0) is 14.3. The van der Waals surface area contributed by atoms with E-state index in [9.17, 15) is 0 Å². The fourth-order valence-corrected chi connectivity index (χ4v) is 5.14. The molecule has 0 bridgehead atoms. The Morgan fingerprint density at radius 2 is 1.37 bits per heavy atom. The molecular weight excluding hydrogens is 251 g/mol. The molecule has 114 valence electrons. The van der Waals surface area contributed by atoms with Crippen LogP contribution in [0.3, 0.4) is 0 Å². The van der Waals surface area contributed by atoms with Crippen molar-refractivity contribution in [1.29, 1.82) is 0 Å². The molecule has 2 nitrogen and oxygen atoms in total. The number of ether oxygens (including phenoxy) is 1. The maximum atomic E-state index is 6.18. The summed E-state index contributed by atoms with van der Waals surface area (Å²) in [4.78, 5) is 0. The first-order valence-electron chi connectivity index (χ1n) is 8.51. The molecule has 0 aromatic carbocycles. The summed E-state index contributed by atoms with van der Waals surface area (Å²) in [6.45, 7) is 9.71. The van der Waals surface area contributed by atoms with Gasteiger partial charge in [-0.05, 0) is 13.3 Å². The minimum absolute atomic E-state index is 0.0204. The molecule has 1 unspecified atom stereocenters. The Hall–Kier alpha value is 0.452. The summed E-state index contributed by atoms with van der Waals surface area (Å²) in [5, 5.41) is 2.64. The summed E-state index contributed by atoms with van der Waals surface area (Å²) in [6.07, 6.45) is 10.3. The summed E-state index contributed by atoms with van der Waals surface area (Å²) in [5.41, 5.74) is 0. The molecule has 0 saturated carbocycles. The Kier molecular flexibility index (Phi) is 15.2. The van der Waals surface area contributed by atoms with Gasteiger partial charge in [0.2, 0.25) is 0 Å². The number of hydrogen-bond donors (Lipinski definition) is 0. The van der Waals surface area contributed by atoms with Gasteiger partial charge in [-0.2, -0.15) is 0 Å². The molecular formula is C16H35AlO2. The van der Waals surface area contributed by atoms with Crippen LogP contribution in [-0.2, 0) is 8.53 Å². The molecule has 0 aromatic rings. The van der Waals surface area contributed by atoms with Gasteiger partial charge in [0.05, 0.1) is 0 Å². The molecule has 0 saturated heterocycles. The van der Waals surface area contributed by atoms with Crippen molar-refractivity contribution in [1.82, 2.24) is 0 Å². The molecule has 3 heteroatoms. The highest BCUT2D eigenvalue weighted by Gasteiger charge is 2.21. The highest BCUT2D eigenvalue weighted by Crippen LogP contribution is 2.13. The third-order valence-electron chi connectivity index (χ3n) is 3.49. The SMILES string of the molecule is CCCCCCOC(C)[O][Al]([CH2]CCC)[CH2]CCC. The van der Waals surface area contributed by atoms with Crippen molar-refractivity contribution in [3.8, 4) is 0 Å². The maximum Gasteiger partial charge on any atom is 0.462 e. The second kappa shape index (κ2) is 14.9. The number of rotatable bonds is 14. The molecule has 0 aromatic heterocycles. The lowest BCUT2D eigenvalue weighted by molar-refractivity contribution is -0.0708. The Labute approximate surface area is 126 Å². The van der Waals surface area contributed by atoms with Crippen LogP contribution in [0.2, 0.25) is 10.6 Å². The van der Waals surface area contributed by atoms with Crippen molar-refractivity contribution in [3.63, 3.8) is 0 Å². The maximum absolute atomic E-state index is 6.18. The van der Waals surface area contributed by atoms with Crippen LogP contribution >= 0.6 is 0 Å². The van der Waals surface area contributed by atoms with Crippen molar-refractivity contribution in [3.05, 3.63) is 0 Å². The van der Waals surface area contributed by atoms with Gasteiger partial charge in [0.15, 0.2) is 0 Å².